The molecule has 6 heteroatoms. The van der Waals surface area contributed by atoms with E-state index < -0.39 is 12.1 Å². The number of ether oxygens (including phenoxy) is 1. The van der Waals surface area contributed by atoms with Crippen LogP contribution >= 0.6 is 11.6 Å². The van der Waals surface area contributed by atoms with Crippen LogP contribution in [0.4, 0.5) is 13.2 Å². The minimum Gasteiger partial charge on any atom is -0.405 e. The number of rotatable bonds is 2. The Morgan fingerprint density at radius 1 is 1.40 bits per heavy atom. The lowest BCUT2D eigenvalue weighted by Crippen LogP contribution is -2.18. The van der Waals surface area contributed by atoms with Crippen LogP contribution in [0.2, 0.25) is 0 Å². The summed E-state index contributed by atoms with van der Waals surface area (Å²) in [6.07, 6.45) is -4.78. The van der Waals surface area contributed by atoms with Crippen molar-refractivity contribution in [2.45, 2.75) is 12.2 Å². The molecule has 0 radical (unpaired) electrons. The van der Waals surface area contributed by atoms with Crippen LogP contribution in [0, 0.1) is 11.3 Å². The van der Waals surface area contributed by atoms with Gasteiger partial charge in [-0.15, -0.1) is 24.8 Å². The summed E-state index contributed by atoms with van der Waals surface area (Å²) in [5.41, 5.74) is 0.274. The van der Waals surface area contributed by atoms with Gasteiger partial charge in [0.15, 0.2) is 0 Å². The molecule has 0 heterocycles. The van der Waals surface area contributed by atoms with Crippen molar-refractivity contribution in [2.75, 3.05) is 0 Å². The van der Waals surface area contributed by atoms with E-state index in [1.807, 2.05) is 0 Å². The van der Waals surface area contributed by atoms with E-state index in [1.54, 1.807) is 6.07 Å². The number of halogens is 4. The van der Waals surface area contributed by atoms with Crippen molar-refractivity contribution >= 4 is 11.6 Å². The zero-order valence-electron chi connectivity index (χ0n) is 7.31. The van der Waals surface area contributed by atoms with Crippen LogP contribution in [0.25, 0.3) is 0 Å². The quantitative estimate of drug-likeness (QED) is 0.738. The second-order valence-corrected chi connectivity index (χ2v) is 2.88. The van der Waals surface area contributed by atoms with Crippen molar-refractivity contribution in [3.63, 3.8) is 0 Å². The molecule has 0 spiro atoms. The first kappa shape index (κ1) is 11.7. The molecular weight excluding hydrogens is 231 g/mol. The molecular formula is C9H5ClF3NO. The normalized spacial score (nSPS) is 10.9. The van der Waals surface area contributed by atoms with Gasteiger partial charge in [-0.25, -0.2) is 0 Å². The molecule has 0 aliphatic rings. The number of alkyl halides is 4. The standard InChI is InChI=1S/C9H5ClF3NO/c10-4-7-2-1-6(5-14)3-8(7)15-9(11,12)13/h1-3H,4H2. The Hall–Kier alpha value is -1.41. The average Bonchev–Trinajstić information content (AvgIpc) is 2.15. The number of nitrogens with zero attached hydrogens (tertiary/aromatic N) is 1. The van der Waals surface area contributed by atoms with Gasteiger partial charge < -0.3 is 4.74 Å². The Morgan fingerprint density at radius 2 is 2.07 bits per heavy atom. The van der Waals surface area contributed by atoms with E-state index >= 15 is 0 Å². The van der Waals surface area contributed by atoms with Crippen molar-refractivity contribution in [3.8, 4) is 11.8 Å². The maximum absolute atomic E-state index is 11.9. The summed E-state index contributed by atoms with van der Waals surface area (Å²) in [5, 5.41) is 8.50. The van der Waals surface area contributed by atoms with Crippen molar-refractivity contribution in [2.24, 2.45) is 0 Å². The summed E-state index contributed by atoms with van der Waals surface area (Å²) >= 11 is 5.43. The van der Waals surface area contributed by atoms with Crippen LogP contribution < -0.4 is 4.74 Å². The van der Waals surface area contributed by atoms with Gasteiger partial charge in [-0.3, -0.25) is 0 Å². The molecule has 15 heavy (non-hydrogen) atoms. The van der Waals surface area contributed by atoms with E-state index in [9.17, 15) is 13.2 Å². The molecule has 0 unspecified atom stereocenters. The minimum atomic E-state index is -4.78. The van der Waals surface area contributed by atoms with E-state index in [1.165, 1.54) is 12.1 Å². The molecule has 0 saturated heterocycles. The van der Waals surface area contributed by atoms with E-state index in [2.05, 4.69) is 4.74 Å². The second kappa shape index (κ2) is 4.41. The highest BCUT2D eigenvalue weighted by Gasteiger charge is 2.32. The molecule has 0 atom stereocenters. The van der Waals surface area contributed by atoms with Gasteiger partial charge >= 0.3 is 6.36 Å². The largest absolute Gasteiger partial charge is 0.573 e. The summed E-state index contributed by atoms with van der Waals surface area (Å²) in [6.45, 7) is 0. The highest BCUT2D eigenvalue weighted by atomic mass is 35.5. The fourth-order valence-corrected chi connectivity index (χ4v) is 1.17. The average molecular weight is 236 g/mol. The first-order valence-corrected chi connectivity index (χ1v) is 4.34. The van der Waals surface area contributed by atoms with Gasteiger partial charge in [0, 0.05) is 5.56 Å². The maximum Gasteiger partial charge on any atom is 0.573 e. The van der Waals surface area contributed by atoms with Gasteiger partial charge in [0.1, 0.15) is 5.75 Å². The summed E-state index contributed by atoms with van der Waals surface area (Å²) in [4.78, 5) is 0. The SMILES string of the molecule is N#Cc1ccc(CCl)c(OC(F)(F)F)c1. The molecule has 2 nitrogen and oxygen atoms in total. The number of hydrogen-bond donors (Lipinski definition) is 0. The van der Waals surface area contributed by atoms with Gasteiger partial charge in [0.25, 0.3) is 0 Å². The lowest BCUT2D eigenvalue weighted by molar-refractivity contribution is -0.274. The van der Waals surface area contributed by atoms with Gasteiger partial charge in [-0.05, 0) is 12.1 Å². The lowest BCUT2D eigenvalue weighted by Gasteiger charge is -2.11. The topological polar surface area (TPSA) is 33.0 Å². The van der Waals surface area contributed by atoms with E-state index in [0.717, 1.165) is 6.07 Å². The van der Waals surface area contributed by atoms with Gasteiger partial charge in [-0.2, -0.15) is 5.26 Å². The second-order valence-electron chi connectivity index (χ2n) is 2.62. The van der Waals surface area contributed by atoms with Crippen molar-refractivity contribution in [1.29, 1.82) is 5.26 Å². The van der Waals surface area contributed by atoms with Crippen LogP contribution in [0.1, 0.15) is 11.1 Å². The Balaban J connectivity index is 3.08. The summed E-state index contributed by atoms with van der Waals surface area (Å²) < 4.78 is 39.6. The fourth-order valence-electron chi connectivity index (χ4n) is 0.954. The number of hydrogen-bond acceptors (Lipinski definition) is 2. The number of nitriles is 1. The third kappa shape index (κ3) is 3.33. The number of benzene rings is 1. The van der Waals surface area contributed by atoms with Gasteiger partial charge in [0.2, 0.25) is 0 Å². The Labute approximate surface area is 88.8 Å². The highest BCUT2D eigenvalue weighted by molar-refractivity contribution is 6.17. The monoisotopic (exact) mass is 235 g/mol. The van der Waals surface area contributed by atoms with Gasteiger partial charge in [0.05, 0.1) is 17.5 Å². The molecule has 80 valence electrons. The minimum absolute atomic E-state index is 0.0862. The first-order valence-electron chi connectivity index (χ1n) is 3.81. The highest BCUT2D eigenvalue weighted by Crippen LogP contribution is 2.28. The fraction of sp³-hybridized carbons (Fsp3) is 0.222. The van der Waals surface area contributed by atoms with Crippen LogP contribution in [0.15, 0.2) is 18.2 Å². The predicted octanol–water partition coefficient (Wildman–Crippen LogP) is 3.20. The van der Waals surface area contributed by atoms with Crippen molar-refractivity contribution in [3.05, 3.63) is 29.3 Å². The molecule has 0 amide bonds. The van der Waals surface area contributed by atoms with E-state index in [4.69, 9.17) is 16.9 Å². The summed E-state index contributed by atoms with van der Waals surface area (Å²) in [7, 11) is 0. The molecule has 1 rings (SSSR count). The third-order valence-corrected chi connectivity index (χ3v) is 1.85. The van der Waals surface area contributed by atoms with Crippen LogP contribution in [0.5, 0.6) is 5.75 Å². The van der Waals surface area contributed by atoms with E-state index in [-0.39, 0.29) is 17.0 Å². The molecule has 0 fully saturated rings. The zero-order valence-corrected chi connectivity index (χ0v) is 8.06. The molecule has 0 aromatic heterocycles. The van der Waals surface area contributed by atoms with Crippen molar-refractivity contribution < 1.29 is 17.9 Å². The van der Waals surface area contributed by atoms with E-state index in [0.29, 0.717) is 0 Å². The Kier molecular flexibility index (Phi) is 3.43. The summed E-state index contributed by atoms with van der Waals surface area (Å²) in [6, 6.07) is 5.42. The maximum atomic E-state index is 11.9. The molecule has 0 aliphatic heterocycles. The van der Waals surface area contributed by atoms with Crippen LogP contribution in [0.3, 0.4) is 0 Å². The molecule has 0 aliphatic carbocycles. The molecule has 0 saturated carbocycles. The molecule has 1 aromatic carbocycles. The zero-order chi connectivity index (χ0) is 11.5. The van der Waals surface area contributed by atoms with Gasteiger partial charge in [-0.1, -0.05) is 6.07 Å². The van der Waals surface area contributed by atoms with Crippen LogP contribution in [-0.2, 0) is 5.88 Å². The molecule has 0 bridgehead atoms. The summed E-state index contributed by atoms with van der Waals surface area (Å²) in [5.74, 6) is -0.548. The Bertz CT molecular complexity index is 397. The third-order valence-electron chi connectivity index (χ3n) is 1.57. The smallest absolute Gasteiger partial charge is 0.405 e. The predicted molar refractivity (Wildman–Crippen MR) is 47.4 cm³/mol. The lowest BCUT2D eigenvalue weighted by atomic mass is 10.1. The van der Waals surface area contributed by atoms with Crippen LogP contribution in [-0.4, -0.2) is 6.36 Å². The molecule has 0 N–H and O–H groups in total. The molecule has 1 aromatic rings. The first-order chi connectivity index (χ1) is 6.96. The Morgan fingerprint density at radius 3 is 2.53 bits per heavy atom. The van der Waals surface area contributed by atoms with Crippen molar-refractivity contribution in [1.82, 2.24) is 0 Å².